The molecule has 2 N–H and O–H groups in total. The van der Waals surface area contributed by atoms with Crippen LogP contribution < -0.4 is 20.3 Å². The molecule has 0 bridgehead atoms. The second-order valence-electron chi connectivity index (χ2n) is 5.91. The number of nitrogens with one attached hydrogen (secondary N) is 2. The number of hydrogen-bond donors (Lipinski definition) is 2. The first-order valence-corrected chi connectivity index (χ1v) is 8.62. The Balaban J connectivity index is 1.81. The number of amides is 2. The van der Waals surface area contributed by atoms with Gasteiger partial charge < -0.3 is 9.47 Å². The molecule has 0 aliphatic carbocycles. The van der Waals surface area contributed by atoms with Crippen molar-refractivity contribution < 1.29 is 24.0 Å². The van der Waals surface area contributed by atoms with Crippen LogP contribution in [0.4, 0.5) is 5.69 Å². The van der Waals surface area contributed by atoms with E-state index in [0.717, 1.165) is 6.42 Å². The number of nitro groups is 1. The molecule has 28 heavy (non-hydrogen) atoms. The van der Waals surface area contributed by atoms with E-state index >= 15 is 0 Å². The molecule has 148 valence electrons. The molecule has 2 rings (SSSR count). The zero-order valence-corrected chi connectivity index (χ0v) is 15.5. The molecule has 2 aromatic carbocycles. The number of ether oxygens (including phenoxy) is 2. The van der Waals surface area contributed by atoms with Gasteiger partial charge in [-0.05, 0) is 43.7 Å². The van der Waals surface area contributed by atoms with Crippen LogP contribution in [0.3, 0.4) is 0 Å². The number of rotatable bonds is 8. The van der Waals surface area contributed by atoms with Crippen LogP contribution in [0.15, 0.2) is 48.5 Å². The third-order valence-electron chi connectivity index (χ3n) is 3.74. The predicted octanol–water partition coefficient (Wildman–Crippen LogP) is 2.61. The average Bonchev–Trinajstić information content (AvgIpc) is 2.70. The van der Waals surface area contributed by atoms with Crippen molar-refractivity contribution in [1.82, 2.24) is 10.9 Å². The number of benzene rings is 2. The van der Waals surface area contributed by atoms with Gasteiger partial charge in [0.05, 0.1) is 11.0 Å². The fourth-order valence-electron chi connectivity index (χ4n) is 2.07. The number of hydrogen-bond acceptors (Lipinski definition) is 6. The van der Waals surface area contributed by atoms with E-state index in [2.05, 4.69) is 10.9 Å². The zero-order valence-electron chi connectivity index (χ0n) is 15.5. The second kappa shape index (κ2) is 9.91. The number of carbonyl (C=O) groups is 2. The minimum atomic E-state index is -0.585. The Morgan fingerprint density at radius 1 is 1.11 bits per heavy atom. The van der Waals surface area contributed by atoms with Gasteiger partial charge in [0.2, 0.25) is 0 Å². The summed E-state index contributed by atoms with van der Waals surface area (Å²) in [7, 11) is 0. The smallest absolute Gasteiger partial charge is 0.276 e. The van der Waals surface area contributed by atoms with Gasteiger partial charge in [0.15, 0.2) is 6.61 Å². The lowest BCUT2D eigenvalue weighted by Crippen LogP contribution is -2.43. The highest BCUT2D eigenvalue weighted by atomic mass is 16.6. The molecule has 0 aromatic heterocycles. The number of non-ortho nitro benzene ring substituents is 1. The largest absolute Gasteiger partial charge is 0.491 e. The molecular weight excluding hydrogens is 366 g/mol. The molecule has 0 heterocycles. The highest BCUT2D eigenvalue weighted by molar-refractivity contribution is 5.95. The Morgan fingerprint density at radius 3 is 2.46 bits per heavy atom. The Morgan fingerprint density at radius 2 is 1.82 bits per heavy atom. The van der Waals surface area contributed by atoms with E-state index in [1.807, 2.05) is 13.8 Å². The zero-order chi connectivity index (χ0) is 20.5. The molecule has 2 amide bonds. The fraction of sp³-hybridized carbons (Fsp3) is 0.263. The minimum absolute atomic E-state index is 0.0228. The molecule has 9 nitrogen and oxygen atoms in total. The van der Waals surface area contributed by atoms with Crippen molar-refractivity contribution >= 4 is 17.5 Å². The van der Waals surface area contributed by atoms with E-state index in [9.17, 15) is 19.7 Å². The first-order chi connectivity index (χ1) is 13.4. The predicted molar refractivity (Wildman–Crippen MR) is 101 cm³/mol. The molecule has 0 fully saturated rings. The number of hydrazine groups is 1. The Hall–Kier alpha value is -3.62. The first kappa shape index (κ1) is 20.7. The van der Waals surface area contributed by atoms with Gasteiger partial charge in [-0.1, -0.05) is 13.0 Å². The van der Waals surface area contributed by atoms with Crippen molar-refractivity contribution in [2.75, 3.05) is 6.61 Å². The monoisotopic (exact) mass is 387 g/mol. The molecule has 0 spiro atoms. The van der Waals surface area contributed by atoms with Crippen LogP contribution in [-0.4, -0.2) is 29.4 Å². The van der Waals surface area contributed by atoms with Gasteiger partial charge in [-0.25, -0.2) is 0 Å². The number of nitro benzene ring substituents is 1. The van der Waals surface area contributed by atoms with Crippen molar-refractivity contribution in [3.05, 3.63) is 64.2 Å². The van der Waals surface area contributed by atoms with Crippen molar-refractivity contribution in [3.8, 4) is 11.5 Å². The third kappa shape index (κ3) is 6.27. The molecule has 0 aliphatic heterocycles. The maximum Gasteiger partial charge on any atom is 0.276 e. The van der Waals surface area contributed by atoms with Crippen LogP contribution in [0, 0.1) is 10.1 Å². The average molecular weight is 387 g/mol. The van der Waals surface area contributed by atoms with Crippen LogP contribution in [0.25, 0.3) is 0 Å². The highest BCUT2D eigenvalue weighted by Crippen LogP contribution is 2.17. The fourth-order valence-corrected chi connectivity index (χ4v) is 2.07. The SMILES string of the molecule is CCC(C)Oc1cccc(C(=O)NNC(=O)COc2ccc([N+](=O)[O-])cc2)c1. The van der Waals surface area contributed by atoms with E-state index in [4.69, 9.17) is 9.47 Å². The lowest BCUT2D eigenvalue weighted by atomic mass is 10.2. The summed E-state index contributed by atoms with van der Waals surface area (Å²) < 4.78 is 10.9. The summed E-state index contributed by atoms with van der Waals surface area (Å²) in [5.41, 5.74) is 4.78. The molecule has 9 heteroatoms. The lowest BCUT2D eigenvalue weighted by molar-refractivity contribution is -0.384. The summed E-state index contributed by atoms with van der Waals surface area (Å²) in [6.07, 6.45) is 0.857. The van der Waals surface area contributed by atoms with Gasteiger partial charge in [0.1, 0.15) is 11.5 Å². The summed E-state index contributed by atoms with van der Waals surface area (Å²) in [5, 5.41) is 10.6. The van der Waals surface area contributed by atoms with Crippen LogP contribution in [0.2, 0.25) is 0 Å². The normalized spacial score (nSPS) is 11.2. The first-order valence-electron chi connectivity index (χ1n) is 8.62. The van der Waals surface area contributed by atoms with E-state index in [0.29, 0.717) is 17.1 Å². The van der Waals surface area contributed by atoms with Crippen LogP contribution in [0.5, 0.6) is 11.5 Å². The molecule has 0 radical (unpaired) electrons. The van der Waals surface area contributed by atoms with Crippen LogP contribution in [0.1, 0.15) is 30.6 Å². The summed E-state index contributed by atoms with van der Waals surface area (Å²) in [4.78, 5) is 34.0. The second-order valence-corrected chi connectivity index (χ2v) is 5.91. The van der Waals surface area contributed by atoms with Crippen LogP contribution >= 0.6 is 0 Å². The van der Waals surface area contributed by atoms with Gasteiger partial charge in [-0.2, -0.15) is 0 Å². The summed E-state index contributed by atoms with van der Waals surface area (Å²) in [5.74, 6) is -0.228. The Kier molecular flexibility index (Phi) is 7.32. The molecule has 0 saturated heterocycles. The Labute approximate surface area is 161 Å². The van der Waals surface area contributed by atoms with E-state index in [-0.39, 0.29) is 18.4 Å². The molecule has 0 saturated carbocycles. The maximum absolute atomic E-state index is 12.1. The van der Waals surface area contributed by atoms with Gasteiger partial charge in [0.25, 0.3) is 17.5 Å². The topological polar surface area (TPSA) is 120 Å². The lowest BCUT2D eigenvalue weighted by Gasteiger charge is -2.13. The van der Waals surface area contributed by atoms with Crippen LogP contribution in [-0.2, 0) is 4.79 Å². The maximum atomic E-state index is 12.1. The quantitative estimate of drug-likeness (QED) is 0.531. The van der Waals surface area contributed by atoms with Crippen molar-refractivity contribution in [2.24, 2.45) is 0 Å². The van der Waals surface area contributed by atoms with Gasteiger partial charge >= 0.3 is 0 Å². The molecule has 1 unspecified atom stereocenters. The van der Waals surface area contributed by atoms with E-state index < -0.39 is 16.7 Å². The van der Waals surface area contributed by atoms with Crippen molar-refractivity contribution in [2.45, 2.75) is 26.4 Å². The van der Waals surface area contributed by atoms with E-state index in [1.54, 1.807) is 24.3 Å². The number of nitrogens with zero attached hydrogens (tertiary/aromatic N) is 1. The minimum Gasteiger partial charge on any atom is -0.491 e. The highest BCUT2D eigenvalue weighted by Gasteiger charge is 2.11. The molecular formula is C19H21N3O6. The summed E-state index contributed by atoms with van der Waals surface area (Å²) in [6, 6.07) is 11.9. The molecule has 0 aliphatic rings. The van der Waals surface area contributed by atoms with E-state index in [1.165, 1.54) is 24.3 Å². The van der Waals surface area contributed by atoms with Gasteiger partial charge in [-0.15, -0.1) is 0 Å². The van der Waals surface area contributed by atoms with Crippen molar-refractivity contribution in [3.63, 3.8) is 0 Å². The molecule has 2 aromatic rings. The number of carbonyl (C=O) groups excluding carboxylic acids is 2. The third-order valence-corrected chi connectivity index (χ3v) is 3.74. The Bertz CT molecular complexity index is 838. The molecule has 1 atom stereocenters. The summed E-state index contributed by atoms with van der Waals surface area (Å²) >= 11 is 0. The van der Waals surface area contributed by atoms with Gasteiger partial charge in [-0.3, -0.25) is 30.6 Å². The van der Waals surface area contributed by atoms with Gasteiger partial charge in [0, 0.05) is 17.7 Å². The summed E-state index contributed by atoms with van der Waals surface area (Å²) in [6.45, 7) is 3.56. The van der Waals surface area contributed by atoms with Crippen molar-refractivity contribution in [1.29, 1.82) is 0 Å². The standard InChI is InChI=1S/C19H21N3O6/c1-3-13(2)28-17-6-4-5-14(11-17)19(24)21-20-18(23)12-27-16-9-7-15(8-10-16)22(25)26/h4-11,13H,3,12H2,1-2H3,(H,20,23)(H,21,24).